The Hall–Kier alpha value is -0.130. The van der Waals surface area contributed by atoms with Crippen molar-refractivity contribution in [3.05, 3.63) is 0 Å². The zero-order valence-corrected chi connectivity index (χ0v) is 18.0. The van der Waals surface area contributed by atoms with E-state index in [0.29, 0.717) is 6.26 Å². The minimum atomic E-state index is -3.67. The summed E-state index contributed by atoms with van der Waals surface area (Å²) in [5.74, 6) is 0. The van der Waals surface area contributed by atoms with Gasteiger partial charge in [0.2, 0.25) is 0 Å². The molecule has 0 amide bonds. The Labute approximate surface area is 157 Å². The fraction of sp³-hybridized carbons (Fsp3) is 1.00. The fourth-order valence-electron chi connectivity index (χ4n) is 3.97. The van der Waals surface area contributed by atoms with E-state index < -0.39 is 10.1 Å². The molecule has 1 fully saturated rings. The Kier molecular flexibility index (Phi) is 14.9. The van der Waals surface area contributed by atoms with Gasteiger partial charge in [0.05, 0.1) is 32.4 Å². The highest BCUT2D eigenvalue weighted by molar-refractivity contribution is 7.85. The standard InChI is InChI=1S/C19H40N.CH4O3S/c1-3-5-6-7-8-9-10-11-13-17-20(16-4-2)18-14-12-15-19-20;1-5(2,3)4/h3-19H2,1-2H3;1H3,(H,2,3,4)/q+1;. The highest BCUT2D eigenvalue weighted by Crippen LogP contribution is 2.21. The van der Waals surface area contributed by atoms with E-state index >= 15 is 0 Å². The van der Waals surface area contributed by atoms with Crippen molar-refractivity contribution in [2.45, 2.75) is 97.3 Å². The van der Waals surface area contributed by atoms with Crippen molar-refractivity contribution in [3.63, 3.8) is 0 Å². The van der Waals surface area contributed by atoms with Crippen LogP contribution >= 0.6 is 0 Å². The number of unbranched alkanes of at least 4 members (excludes halogenated alkanes) is 8. The Morgan fingerprint density at radius 1 is 0.720 bits per heavy atom. The van der Waals surface area contributed by atoms with Gasteiger partial charge in [-0.2, -0.15) is 8.42 Å². The minimum absolute atomic E-state index is 0.715. The van der Waals surface area contributed by atoms with E-state index in [0.717, 1.165) is 0 Å². The summed E-state index contributed by atoms with van der Waals surface area (Å²) in [6, 6.07) is 0. The first-order chi connectivity index (χ1) is 11.8. The molecule has 5 heteroatoms. The van der Waals surface area contributed by atoms with Gasteiger partial charge < -0.3 is 4.48 Å². The largest absolute Gasteiger partial charge is 0.324 e. The van der Waals surface area contributed by atoms with Gasteiger partial charge in [-0.3, -0.25) is 4.55 Å². The van der Waals surface area contributed by atoms with E-state index in [9.17, 15) is 8.42 Å². The number of nitrogens with zero attached hydrogens (tertiary/aromatic N) is 1. The molecular weight excluding hydrogens is 334 g/mol. The van der Waals surface area contributed by atoms with Crippen LogP contribution in [-0.4, -0.2) is 49.9 Å². The number of piperidine rings is 1. The predicted molar refractivity (Wildman–Crippen MR) is 109 cm³/mol. The van der Waals surface area contributed by atoms with E-state index in [-0.39, 0.29) is 0 Å². The molecule has 1 aliphatic heterocycles. The summed E-state index contributed by atoms with van der Waals surface area (Å²) in [5, 5.41) is 0. The lowest BCUT2D eigenvalue weighted by molar-refractivity contribution is -0.932. The molecule has 0 aliphatic carbocycles. The van der Waals surface area contributed by atoms with Crippen LogP contribution < -0.4 is 0 Å². The van der Waals surface area contributed by atoms with Gasteiger partial charge in [0.15, 0.2) is 0 Å². The number of rotatable bonds is 12. The van der Waals surface area contributed by atoms with Gasteiger partial charge in [-0.25, -0.2) is 0 Å². The molecule has 4 nitrogen and oxygen atoms in total. The molecule has 0 aromatic carbocycles. The summed E-state index contributed by atoms with van der Waals surface area (Å²) in [5.41, 5.74) is 0. The monoisotopic (exact) mass is 378 g/mol. The Balaban J connectivity index is 0.00000101. The van der Waals surface area contributed by atoms with Crippen LogP contribution in [0.2, 0.25) is 0 Å². The van der Waals surface area contributed by atoms with Crippen molar-refractivity contribution in [3.8, 4) is 0 Å². The van der Waals surface area contributed by atoms with Gasteiger partial charge in [-0.1, -0.05) is 58.8 Å². The zero-order chi connectivity index (χ0) is 19.0. The van der Waals surface area contributed by atoms with E-state index in [2.05, 4.69) is 13.8 Å². The molecule has 0 aromatic rings. The van der Waals surface area contributed by atoms with Gasteiger partial charge in [0.25, 0.3) is 10.1 Å². The van der Waals surface area contributed by atoms with E-state index in [1.807, 2.05) is 0 Å². The number of hydrogen-bond acceptors (Lipinski definition) is 2. The maximum atomic E-state index is 9.19. The summed E-state index contributed by atoms with van der Waals surface area (Å²) in [7, 11) is -3.67. The topological polar surface area (TPSA) is 54.4 Å². The fourth-order valence-corrected chi connectivity index (χ4v) is 3.97. The summed E-state index contributed by atoms with van der Waals surface area (Å²) in [4.78, 5) is 0. The molecule has 1 N–H and O–H groups in total. The maximum absolute atomic E-state index is 9.19. The molecule has 25 heavy (non-hydrogen) atoms. The maximum Gasteiger partial charge on any atom is 0.261 e. The van der Waals surface area contributed by atoms with Crippen LogP contribution in [0, 0.1) is 0 Å². The van der Waals surface area contributed by atoms with E-state index in [4.69, 9.17) is 4.55 Å². The van der Waals surface area contributed by atoms with Gasteiger partial charge in [0, 0.05) is 0 Å². The number of likely N-dealkylation sites (tertiary alicyclic amines) is 1. The second-order valence-electron chi connectivity index (χ2n) is 7.86. The zero-order valence-electron chi connectivity index (χ0n) is 17.1. The highest BCUT2D eigenvalue weighted by Gasteiger charge is 2.27. The van der Waals surface area contributed by atoms with E-state index in [1.165, 1.54) is 114 Å². The van der Waals surface area contributed by atoms with Crippen LogP contribution in [0.5, 0.6) is 0 Å². The number of hydrogen-bond donors (Lipinski definition) is 1. The average molecular weight is 379 g/mol. The van der Waals surface area contributed by atoms with Crippen LogP contribution in [0.15, 0.2) is 0 Å². The van der Waals surface area contributed by atoms with Gasteiger partial charge >= 0.3 is 0 Å². The molecule has 0 unspecified atom stereocenters. The lowest BCUT2D eigenvalue weighted by atomic mass is 10.0. The smallest absolute Gasteiger partial charge is 0.261 e. The van der Waals surface area contributed by atoms with Crippen molar-refractivity contribution in [2.24, 2.45) is 0 Å². The molecule has 0 atom stereocenters. The van der Waals surface area contributed by atoms with Gasteiger partial charge in [0.1, 0.15) is 0 Å². The first kappa shape index (κ1) is 24.9. The molecule has 0 radical (unpaired) electrons. The summed E-state index contributed by atoms with van der Waals surface area (Å²) >= 11 is 0. The second-order valence-corrected chi connectivity index (χ2v) is 9.32. The minimum Gasteiger partial charge on any atom is -0.324 e. The van der Waals surface area contributed by atoms with Gasteiger partial charge in [-0.15, -0.1) is 0 Å². The molecule has 0 aromatic heterocycles. The Morgan fingerprint density at radius 2 is 1.16 bits per heavy atom. The molecule has 0 saturated carbocycles. The molecule has 1 rings (SSSR count). The molecule has 1 aliphatic rings. The highest BCUT2D eigenvalue weighted by atomic mass is 32.2. The van der Waals surface area contributed by atoms with Crippen LogP contribution in [0.4, 0.5) is 0 Å². The number of quaternary nitrogens is 1. The van der Waals surface area contributed by atoms with Crippen molar-refractivity contribution in [2.75, 3.05) is 32.4 Å². The second kappa shape index (κ2) is 15.0. The van der Waals surface area contributed by atoms with Crippen LogP contribution in [0.25, 0.3) is 0 Å². The molecule has 1 heterocycles. The van der Waals surface area contributed by atoms with Crippen molar-refractivity contribution in [1.82, 2.24) is 0 Å². The van der Waals surface area contributed by atoms with Gasteiger partial charge in [-0.05, 0) is 38.5 Å². The van der Waals surface area contributed by atoms with Crippen LogP contribution in [0.3, 0.4) is 0 Å². The van der Waals surface area contributed by atoms with E-state index in [1.54, 1.807) is 0 Å². The molecule has 1 saturated heterocycles. The summed E-state index contributed by atoms with van der Waals surface area (Å²) < 4.78 is 27.3. The molecular formula is C20H44NO3S+. The third-order valence-corrected chi connectivity index (χ3v) is 5.20. The molecule has 152 valence electrons. The lowest BCUT2D eigenvalue weighted by Crippen LogP contribution is -2.52. The van der Waals surface area contributed by atoms with Crippen molar-refractivity contribution in [1.29, 1.82) is 0 Å². The quantitative estimate of drug-likeness (QED) is 0.280. The lowest BCUT2D eigenvalue weighted by Gasteiger charge is -2.41. The SMILES string of the molecule is CCCCCCCCCCC[N+]1(CCC)CCCCC1.CS(=O)(=O)O. The van der Waals surface area contributed by atoms with Crippen LogP contribution in [-0.2, 0) is 10.1 Å². The summed E-state index contributed by atoms with van der Waals surface area (Å²) in [6.45, 7) is 10.5. The average Bonchev–Trinajstić information content (AvgIpc) is 2.53. The third kappa shape index (κ3) is 17.1. The predicted octanol–water partition coefficient (Wildman–Crippen LogP) is 5.43. The summed E-state index contributed by atoms with van der Waals surface area (Å²) in [6.07, 6.45) is 19.7. The first-order valence-electron chi connectivity index (χ1n) is 10.6. The van der Waals surface area contributed by atoms with Crippen LogP contribution in [0.1, 0.15) is 97.3 Å². The Morgan fingerprint density at radius 3 is 1.60 bits per heavy atom. The molecule has 0 spiro atoms. The third-order valence-electron chi connectivity index (χ3n) is 5.20. The van der Waals surface area contributed by atoms with Crippen molar-refractivity contribution >= 4 is 10.1 Å². The normalized spacial score (nSPS) is 17.0. The Bertz CT molecular complexity index is 376. The van der Waals surface area contributed by atoms with Crippen molar-refractivity contribution < 1.29 is 17.5 Å². The first-order valence-corrected chi connectivity index (χ1v) is 12.5. The molecule has 0 bridgehead atoms.